The number of aromatic nitrogens is 1. The van der Waals surface area contributed by atoms with E-state index in [1.807, 2.05) is 26.0 Å². The summed E-state index contributed by atoms with van der Waals surface area (Å²) < 4.78 is 0. The smallest absolute Gasteiger partial charge is 0.255 e. The van der Waals surface area contributed by atoms with Crippen molar-refractivity contribution in [3.8, 4) is 0 Å². The molecule has 0 aliphatic carbocycles. The minimum atomic E-state index is -0.125. The lowest BCUT2D eigenvalue weighted by Crippen LogP contribution is -2.39. The summed E-state index contributed by atoms with van der Waals surface area (Å²) >= 11 is 6.16. The highest BCUT2D eigenvalue weighted by Gasteiger charge is 2.23. The molecule has 2 aromatic rings. The topological polar surface area (TPSA) is 59.2 Å². The minimum absolute atomic E-state index is 0. The molecule has 1 amide bonds. The Labute approximate surface area is 154 Å². The number of pyridine rings is 1. The number of nitrogens with two attached hydrogens (primary N) is 1. The summed E-state index contributed by atoms with van der Waals surface area (Å²) in [6.45, 7) is 5.17. The highest BCUT2D eigenvalue weighted by Crippen LogP contribution is 2.26. The van der Waals surface area contributed by atoms with E-state index in [0.717, 1.165) is 5.39 Å². The molecule has 0 aliphatic rings. The van der Waals surface area contributed by atoms with E-state index in [1.165, 1.54) is 0 Å². The molecule has 0 fully saturated rings. The van der Waals surface area contributed by atoms with Crippen LogP contribution in [0.2, 0.25) is 5.02 Å². The van der Waals surface area contributed by atoms with E-state index in [1.54, 1.807) is 30.3 Å². The molecular formula is C16H22Cl3N3O. The third-order valence-corrected chi connectivity index (χ3v) is 3.84. The molecule has 1 aromatic heterocycles. The zero-order valence-electron chi connectivity index (χ0n) is 13.4. The van der Waals surface area contributed by atoms with E-state index in [4.69, 9.17) is 17.3 Å². The third-order valence-electron chi connectivity index (χ3n) is 3.51. The van der Waals surface area contributed by atoms with E-state index >= 15 is 0 Å². The highest BCUT2D eigenvalue weighted by molar-refractivity contribution is 6.36. The van der Waals surface area contributed by atoms with E-state index in [9.17, 15) is 4.79 Å². The molecule has 2 N–H and O–H groups in total. The van der Waals surface area contributed by atoms with Crippen LogP contribution in [0.15, 0.2) is 30.5 Å². The standard InChI is InChI=1S/C16H20ClN3O.2ClH/c1-16(2,9-18)10-20(3)15(21)12-6-7-13(17)11-5-4-8-19-14(11)12;;/h4-8H,9-10,18H2,1-3H3;2*1H. The van der Waals surface area contributed by atoms with Crippen LogP contribution in [0.1, 0.15) is 24.2 Å². The van der Waals surface area contributed by atoms with Gasteiger partial charge in [0.05, 0.1) is 16.1 Å². The predicted molar refractivity (Wildman–Crippen MR) is 101 cm³/mol. The maximum atomic E-state index is 12.7. The van der Waals surface area contributed by atoms with Crippen molar-refractivity contribution in [3.05, 3.63) is 41.0 Å². The first-order valence-corrected chi connectivity index (χ1v) is 7.22. The van der Waals surface area contributed by atoms with Gasteiger partial charge >= 0.3 is 0 Å². The van der Waals surface area contributed by atoms with Gasteiger partial charge in [-0.3, -0.25) is 9.78 Å². The van der Waals surface area contributed by atoms with Crippen LogP contribution in [0, 0.1) is 5.41 Å². The van der Waals surface area contributed by atoms with Crippen LogP contribution in [0.4, 0.5) is 0 Å². The highest BCUT2D eigenvalue weighted by atomic mass is 35.5. The van der Waals surface area contributed by atoms with E-state index in [-0.39, 0.29) is 36.1 Å². The van der Waals surface area contributed by atoms with Crippen molar-refractivity contribution in [1.29, 1.82) is 0 Å². The number of benzene rings is 1. The molecular weight excluding hydrogens is 357 g/mol. The second-order valence-electron chi connectivity index (χ2n) is 6.02. The molecule has 128 valence electrons. The zero-order chi connectivity index (χ0) is 15.6. The molecule has 0 bridgehead atoms. The molecule has 23 heavy (non-hydrogen) atoms. The molecule has 2 rings (SSSR count). The Balaban J connectivity index is 0.00000242. The largest absolute Gasteiger partial charge is 0.341 e. The second kappa shape index (κ2) is 8.69. The molecule has 1 aromatic carbocycles. The maximum Gasteiger partial charge on any atom is 0.255 e. The quantitative estimate of drug-likeness (QED) is 0.880. The summed E-state index contributed by atoms with van der Waals surface area (Å²) in [5, 5.41) is 1.39. The van der Waals surface area contributed by atoms with E-state index < -0.39 is 0 Å². The van der Waals surface area contributed by atoms with Gasteiger partial charge in [0, 0.05) is 25.2 Å². The number of amides is 1. The second-order valence-corrected chi connectivity index (χ2v) is 6.43. The summed E-state index contributed by atoms with van der Waals surface area (Å²) in [6.07, 6.45) is 1.67. The predicted octanol–water partition coefficient (Wildman–Crippen LogP) is 3.79. The van der Waals surface area contributed by atoms with Gasteiger partial charge in [0.2, 0.25) is 0 Å². The van der Waals surface area contributed by atoms with Crippen molar-refractivity contribution in [3.63, 3.8) is 0 Å². The van der Waals surface area contributed by atoms with Crippen LogP contribution in [-0.2, 0) is 0 Å². The zero-order valence-corrected chi connectivity index (χ0v) is 15.8. The van der Waals surface area contributed by atoms with E-state index in [2.05, 4.69) is 4.98 Å². The molecule has 1 heterocycles. The summed E-state index contributed by atoms with van der Waals surface area (Å²) in [5.74, 6) is -0.0723. The average molecular weight is 379 g/mol. The lowest BCUT2D eigenvalue weighted by atomic mass is 9.93. The Hall–Kier alpha value is -1.07. The Bertz CT molecular complexity index is 677. The molecule has 0 spiro atoms. The molecule has 0 saturated heterocycles. The molecule has 0 aliphatic heterocycles. The van der Waals surface area contributed by atoms with Crippen LogP contribution in [0.5, 0.6) is 0 Å². The fourth-order valence-electron chi connectivity index (χ4n) is 2.29. The normalized spacial score (nSPS) is 10.7. The van der Waals surface area contributed by atoms with Gasteiger partial charge in [-0.2, -0.15) is 0 Å². The van der Waals surface area contributed by atoms with Crippen LogP contribution in [0.25, 0.3) is 10.9 Å². The lowest BCUT2D eigenvalue weighted by molar-refractivity contribution is 0.0742. The Morgan fingerprint density at radius 3 is 2.57 bits per heavy atom. The summed E-state index contributed by atoms with van der Waals surface area (Å²) in [4.78, 5) is 18.7. The van der Waals surface area contributed by atoms with Gasteiger partial charge in [-0.05, 0) is 36.2 Å². The van der Waals surface area contributed by atoms with Crippen LogP contribution in [0.3, 0.4) is 0 Å². The molecule has 0 unspecified atom stereocenters. The molecule has 0 atom stereocenters. The number of hydrogen-bond donors (Lipinski definition) is 1. The molecule has 7 heteroatoms. The Morgan fingerprint density at radius 1 is 1.30 bits per heavy atom. The number of halogens is 3. The fraction of sp³-hybridized carbons (Fsp3) is 0.375. The number of nitrogens with zero attached hydrogens (tertiary/aromatic N) is 2. The van der Waals surface area contributed by atoms with Crippen molar-refractivity contribution in [1.82, 2.24) is 9.88 Å². The van der Waals surface area contributed by atoms with Crippen molar-refractivity contribution in [2.24, 2.45) is 11.1 Å². The van der Waals surface area contributed by atoms with Gasteiger partial charge in [-0.25, -0.2) is 0 Å². The van der Waals surface area contributed by atoms with Crippen LogP contribution >= 0.6 is 36.4 Å². The molecule has 0 saturated carbocycles. The van der Waals surface area contributed by atoms with Crippen molar-refractivity contribution in [2.75, 3.05) is 20.1 Å². The number of carbonyl (C=O) groups excluding carboxylic acids is 1. The van der Waals surface area contributed by atoms with E-state index in [0.29, 0.717) is 29.2 Å². The van der Waals surface area contributed by atoms with Gasteiger partial charge in [-0.15, -0.1) is 24.8 Å². The maximum absolute atomic E-state index is 12.7. The average Bonchev–Trinajstić information content (AvgIpc) is 2.47. The van der Waals surface area contributed by atoms with Crippen molar-refractivity contribution in [2.45, 2.75) is 13.8 Å². The first-order valence-electron chi connectivity index (χ1n) is 6.84. The lowest BCUT2D eigenvalue weighted by Gasteiger charge is -2.29. The van der Waals surface area contributed by atoms with Gasteiger partial charge in [0.15, 0.2) is 0 Å². The van der Waals surface area contributed by atoms with Crippen molar-refractivity contribution >= 4 is 53.2 Å². The first-order chi connectivity index (χ1) is 9.85. The first kappa shape index (κ1) is 21.9. The third kappa shape index (κ3) is 4.95. The number of hydrogen-bond acceptors (Lipinski definition) is 3. The number of rotatable bonds is 4. The minimum Gasteiger partial charge on any atom is -0.341 e. The van der Waals surface area contributed by atoms with Crippen LogP contribution < -0.4 is 5.73 Å². The summed E-state index contributed by atoms with van der Waals surface area (Å²) in [5.41, 5.74) is 6.80. The van der Waals surface area contributed by atoms with Crippen LogP contribution in [-0.4, -0.2) is 35.9 Å². The summed E-state index contributed by atoms with van der Waals surface area (Å²) in [7, 11) is 1.78. The monoisotopic (exact) mass is 377 g/mol. The van der Waals surface area contributed by atoms with Gasteiger partial charge < -0.3 is 10.6 Å². The number of fused-ring (bicyclic) bond motifs is 1. The van der Waals surface area contributed by atoms with Gasteiger partial charge in [0.1, 0.15) is 0 Å². The summed E-state index contributed by atoms with van der Waals surface area (Å²) in [6, 6.07) is 7.14. The Kier molecular flexibility index (Phi) is 8.29. The van der Waals surface area contributed by atoms with Crippen molar-refractivity contribution < 1.29 is 4.79 Å². The fourth-order valence-corrected chi connectivity index (χ4v) is 2.51. The SMILES string of the molecule is CN(CC(C)(C)CN)C(=O)c1ccc(Cl)c2cccnc12.Cl.Cl. The number of carbonyl (C=O) groups is 1. The van der Waals surface area contributed by atoms with Gasteiger partial charge in [-0.1, -0.05) is 25.4 Å². The molecule has 4 nitrogen and oxygen atoms in total. The Morgan fingerprint density at radius 2 is 1.96 bits per heavy atom. The molecule has 0 radical (unpaired) electrons. The van der Waals surface area contributed by atoms with Gasteiger partial charge in [0.25, 0.3) is 5.91 Å².